The average Bonchev–Trinajstić information content (AvgIpc) is 2.73. The summed E-state index contributed by atoms with van der Waals surface area (Å²) in [7, 11) is 1.41. The van der Waals surface area contributed by atoms with Gasteiger partial charge in [-0.1, -0.05) is 20.8 Å². The minimum Gasteiger partial charge on any atom is -0.469 e. The van der Waals surface area contributed by atoms with Crippen LogP contribution < -0.4 is 5.32 Å². The molecule has 0 amide bonds. The summed E-state index contributed by atoms with van der Waals surface area (Å²) in [6.07, 6.45) is 1.17. The number of nitrogens with zero attached hydrogens (tertiary/aromatic N) is 2. The minimum atomic E-state index is -0.207. The van der Waals surface area contributed by atoms with E-state index in [-0.39, 0.29) is 35.9 Å². The molecule has 5 nitrogen and oxygen atoms in total. The zero-order chi connectivity index (χ0) is 14.5. The van der Waals surface area contributed by atoms with Gasteiger partial charge in [-0.15, -0.1) is 24.0 Å². The van der Waals surface area contributed by atoms with E-state index in [1.807, 2.05) is 6.92 Å². The molecule has 0 aliphatic carbocycles. The van der Waals surface area contributed by atoms with E-state index in [0.717, 1.165) is 25.6 Å². The Kier molecular flexibility index (Phi) is 8.46. The van der Waals surface area contributed by atoms with Gasteiger partial charge in [-0.2, -0.15) is 0 Å². The fraction of sp³-hybridized carbons (Fsp3) is 0.857. The van der Waals surface area contributed by atoms with Gasteiger partial charge >= 0.3 is 5.97 Å². The highest BCUT2D eigenvalue weighted by Gasteiger charge is 2.31. The number of esters is 1. The van der Waals surface area contributed by atoms with Crippen molar-refractivity contribution in [3.63, 3.8) is 0 Å². The summed E-state index contributed by atoms with van der Waals surface area (Å²) < 4.78 is 4.72. The lowest BCUT2D eigenvalue weighted by atomic mass is 9.93. The van der Waals surface area contributed by atoms with Gasteiger partial charge in [-0.05, 0) is 18.8 Å². The summed E-state index contributed by atoms with van der Waals surface area (Å²) >= 11 is 0. The summed E-state index contributed by atoms with van der Waals surface area (Å²) in [5.74, 6) is 0.499. The second-order valence-electron chi connectivity index (χ2n) is 5.95. The summed E-state index contributed by atoms with van der Waals surface area (Å²) in [5.41, 5.74) is 0.337. The fourth-order valence-electron chi connectivity index (χ4n) is 2.22. The van der Waals surface area contributed by atoms with E-state index in [2.05, 4.69) is 36.0 Å². The predicted octanol–water partition coefficient (Wildman–Crippen LogP) is 2.11. The van der Waals surface area contributed by atoms with Crippen molar-refractivity contribution in [2.75, 3.05) is 33.3 Å². The Labute approximate surface area is 139 Å². The average molecular weight is 397 g/mol. The first kappa shape index (κ1) is 19.5. The molecule has 1 unspecified atom stereocenters. The lowest BCUT2D eigenvalue weighted by Crippen LogP contribution is -2.41. The van der Waals surface area contributed by atoms with Crippen LogP contribution in [0.3, 0.4) is 0 Å². The second kappa shape index (κ2) is 8.69. The van der Waals surface area contributed by atoms with Crippen molar-refractivity contribution in [1.29, 1.82) is 0 Å². The van der Waals surface area contributed by atoms with Crippen LogP contribution >= 0.6 is 24.0 Å². The molecule has 1 rings (SSSR count). The molecule has 1 N–H and O–H groups in total. The second-order valence-corrected chi connectivity index (χ2v) is 5.95. The Morgan fingerprint density at radius 1 is 1.50 bits per heavy atom. The Morgan fingerprint density at radius 2 is 2.15 bits per heavy atom. The number of ether oxygens (including phenoxy) is 1. The largest absolute Gasteiger partial charge is 0.469 e. The molecule has 0 radical (unpaired) electrons. The number of nitrogens with one attached hydrogen (secondary N) is 1. The van der Waals surface area contributed by atoms with Gasteiger partial charge in [-0.3, -0.25) is 9.79 Å². The van der Waals surface area contributed by atoms with Crippen LogP contribution in [0.4, 0.5) is 0 Å². The highest BCUT2D eigenvalue weighted by Crippen LogP contribution is 2.28. The van der Waals surface area contributed by atoms with Gasteiger partial charge < -0.3 is 15.0 Å². The predicted molar refractivity (Wildman–Crippen MR) is 92.5 cm³/mol. The number of guanidine groups is 1. The van der Waals surface area contributed by atoms with Crippen molar-refractivity contribution in [2.24, 2.45) is 16.3 Å². The molecule has 0 spiro atoms. The number of hydrogen-bond donors (Lipinski definition) is 1. The molecule has 118 valence electrons. The van der Waals surface area contributed by atoms with E-state index in [1.165, 1.54) is 13.5 Å². The number of aliphatic imine (C=N–C) groups is 1. The SMILES string of the molecule is CCNC(=NCC(C)C(=O)OC)N1CCC(C)(C)C1.I. The molecule has 20 heavy (non-hydrogen) atoms. The molecule has 0 aromatic rings. The number of hydrogen-bond acceptors (Lipinski definition) is 3. The molecule has 1 saturated heterocycles. The van der Waals surface area contributed by atoms with E-state index in [1.54, 1.807) is 0 Å². The standard InChI is InChI=1S/C14H27N3O2.HI/c1-6-15-13(16-9-11(2)12(18)19-5)17-8-7-14(3,4)10-17;/h11H,6-10H2,1-5H3,(H,15,16);1H. The van der Waals surface area contributed by atoms with Crippen LogP contribution in [-0.2, 0) is 9.53 Å². The Balaban J connectivity index is 0.00000361. The van der Waals surface area contributed by atoms with Crippen LogP contribution in [0.15, 0.2) is 4.99 Å². The monoisotopic (exact) mass is 397 g/mol. The summed E-state index contributed by atoms with van der Waals surface area (Å²) in [4.78, 5) is 18.2. The maximum atomic E-state index is 11.4. The van der Waals surface area contributed by atoms with Crippen molar-refractivity contribution in [3.8, 4) is 0 Å². The molecule has 0 bridgehead atoms. The van der Waals surface area contributed by atoms with Crippen LogP contribution in [0.25, 0.3) is 0 Å². The van der Waals surface area contributed by atoms with E-state index < -0.39 is 0 Å². The molecule has 1 aliphatic heterocycles. The zero-order valence-corrected chi connectivity index (χ0v) is 15.6. The molecule has 0 saturated carbocycles. The van der Waals surface area contributed by atoms with Crippen LogP contribution in [-0.4, -0.2) is 50.1 Å². The number of halogens is 1. The molecular weight excluding hydrogens is 369 g/mol. The third kappa shape index (κ3) is 5.85. The lowest BCUT2D eigenvalue weighted by Gasteiger charge is -2.24. The maximum absolute atomic E-state index is 11.4. The zero-order valence-electron chi connectivity index (χ0n) is 13.2. The lowest BCUT2D eigenvalue weighted by molar-refractivity contribution is -0.144. The third-order valence-electron chi connectivity index (χ3n) is 3.43. The van der Waals surface area contributed by atoms with Crippen molar-refractivity contribution >= 4 is 35.9 Å². The van der Waals surface area contributed by atoms with Gasteiger partial charge in [0.25, 0.3) is 0 Å². The van der Waals surface area contributed by atoms with Gasteiger partial charge in [0.2, 0.25) is 0 Å². The quantitative estimate of drug-likeness (QED) is 0.342. The fourth-order valence-corrected chi connectivity index (χ4v) is 2.22. The van der Waals surface area contributed by atoms with Crippen molar-refractivity contribution < 1.29 is 9.53 Å². The normalized spacial score (nSPS) is 19.2. The van der Waals surface area contributed by atoms with E-state index >= 15 is 0 Å². The van der Waals surface area contributed by atoms with Crippen LogP contribution in [0.2, 0.25) is 0 Å². The first-order valence-corrected chi connectivity index (χ1v) is 7.00. The van der Waals surface area contributed by atoms with E-state index in [0.29, 0.717) is 12.0 Å². The highest BCUT2D eigenvalue weighted by molar-refractivity contribution is 14.0. The summed E-state index contributed by atoms with van der Waals surface area (Å²) in [6, 6.07) is 0. The topological polar surface area (TPSA) is 53.9 Å². The van der Waals surface area contributed by atoms with Crippen molar-refractivity contribution in [2.45, 2.75) is 34.1 Å². The number of rotatable bonds is 4. The van der Waals surface area contributed by atoms with Gasteiger partial charge in [-0.25, -0.2) is 0 Å². The Bertz CT molecular complexity index is 345. The van der Waals surface area contributed by atoms with Crippen LogP contribution in [0.5, 0.6) is 0 Å². The first-order chi connectivity index (χ1) is 8.89. The van der Waals surface area contributed by atoms with Crippen molar-refractivity contribution in [1.82, 2.24) is 10.2 Å². The molecule has 0 aromatic heterocycles. The molecule has 1 aliphatic rings. The molecule has 6 heteroatoms. The van der Waals surface area contributed by atoms with Gasteiger partial charge in [0.05, 0.1) is 19.6 Å². The summed E-state index contributed by atoms with van der Waals surface area (Å²) in [6.45, 7) is 11.8. The van der Waals surface area contributed by atoms with Gasteiger partial charge in [0, 0.05) is 19.6 Å². The van der Waals surface area contributed by atoms with Gasteiger partial charge in [0.15, 0.2) is 5.96 Å². The van der Waals surface area contributed by atoms with Crippen LogP contribution in [0.1, 0.15) is 34.1 Å². The van der Waals surface area contributed by atoms with E-state index in [4.69, 9.17) is 4.74 Å². The number of carbonyl (C=O) groups excluding carboxylic acids is 1. The maximum Gasteiger partial charge on any atom is 0.310 e. The molecular formula is C14H28IN3O2. The molecule has 1 fully saturated rings. The first-order valence-electron chi connectivity index (χ1n) is 7.00. The number of likely N-dealkylation sites (tertiary alicyclic amines) is 1. The van der Waals surface area contributed by atoms with Crippen LogP contribution in [0, 0.1) is 11.3 Å². The Morgan fingerprint density at radius 3 is 2.60 bits per heavy atom. The minimum absolute atomic E-state index is 0. The molecule has 1 atom stereocenters. The Hall–Kier alpha value is -0.530. The number of carbonyl (C=O) groups is 1. The summed E-state index contributed by atoms with van der Waals surface area (Å²) in [5, 5.41) is 3.30. The van der Waals surface area contributed by atoms with Crippen molar-refractivity contribution in [3.05, 3.63) is 0 Å². The highest BCUT2D eigenvalue weighted by atomic mass is 127. The smallest absolute Gasteiger partial charge is 0.310 e. The molecule has 1 heterocycles. The number of methoxy groups -OCH3 is 1. The third-order valence-corrected chi connectivity index (χ3v) is 3.43. The van der Waals surface area contributed by atoms with Gasteiger partial charge in [0.1, 0.15) is 0 Å². The molecule has 0 aromatic carbocycles. The van der Waals surface area contributed by atoms with E-state index in [9.17, 15) is 4.79 Å².